The molecule has 102 valence electrons. The second-order valence-corrected chi connectivity index (χ2v) is 5.02. The summed E-state index contributed by atoms with van der Waals surface area (Å²) in [5.41, 5.74) is 0.995. The van der Waals surface area contributed by atoms with Crippen molar-refractivity contribution in [3.8, 4) is 0 Å². The van der Waals surface area contributed by atoms with Crippen molar-refractivity contribution in [1.82, 2.24) is 10.3 Å². The van der Waals surface area contributed by atoms with Gasteiger partial charge in [-0.2, -0.15) is 0 Å². The number of aliphatic hydroxyl groups is 1. The van der Waals surface area contributed by atoms with Crippen molar-refractivity contribution < 1.29 is 5.11 Å². The lowest BCUT2D eigenvalue weighted by Gasteiger charge is -2.31. The summed E-state index contributed by atoms with van der Waals surface area (Å²) in [5, 5.41) is 15.5. The van der Waals surface area contributed by atoms with Gasteiger partial charge in [0.05, 0.1) is 6.61 Å². The molecule has 2 aromatic rings. The summed E-state index contributed by atoms with van der Waals surface area (Å²) >= 11 is 0. The number of benzene rings is 1. The predicted molar refractivity (Wildman–Crippen MR) is 79.0 cm³/mol. The molecule has 0 aliphatic heterocycles. The molecule has 3 heteroatoms. The molecular formula is C16H22N2O. The Balaban J connectivity index is 2.22. The number of nitrogens with one attached hydrogen (secondary N) is 1. The summed E-state index contributed by atoms with van der Waals surface area (Å²) in [4.78, 5) is 4.29. The molecule has 1 heterocycles. The Hall–Kier alpha value is -1.45. The highest BCUT2D eigenvalue weighted by Gasteiger charge is 2.24. The molecule has 2 rings (SSSR count). The highest BCUT2D eigenvalue weighted by Crippen LogP contribution is 2.19. The van der Waals surface area contributed by atoms with E-state index in [2.05, 4.69) is 36.3 Å². The van der Waals surface area contributed by atoms with Crippen molar-refractivity contribution in [3.05, 3.63) is 42.2 Å². The number of aliphatic hydroxyl groups excluding tert-OH is 1. The third-order valence-electron chi connectivity index (χ3n) is 4.06. The molecule has 0 bridgehead atoms. The van der Waals surface area contributed by atoms with Crippen LogP contribution in [-0.4, -0.2) is 22.2 Å². The Morgan fingerprint density at radius 3 is 2.58 bits per heavy atom. The molecule has 0 radical (unpaired) electrons. The summed E-state index contributed by atoms with van der Waals surface area (Å²) in [6.07, 6.45) is 5.62. The van der Waals surface area contributed by atoms with Crippen LogP contribution >= 0.6 is 0 Å². The zero-order chi connectivity index (χ0) is 13.7. The van der Waals surface area contributed by atoms with Gasteiger partial charge in [0.25, 0.3) is 0 Å². The molecule has 0 atom stereocenters. The highest BCUT2D eigenvalue weighted by atomic mass is 16.3. The minimum absolute atomic E-state index is 0.165. The smallest absolute Gasteiger partial charge is 0.0613 e. The number of nitrogens with zero attached hydrogens (tertiary/aromatic N) is 1. The lowest BCUT2D eigenvalue weighted by atomic mass is 9.93. The van der Waals surface area contributed by atoms with E-state index in [9.17, 15) is 5.11 Å². The van der Waals surface area contributed by atoms with Gasteiger partial charge in [-0.05, 0) is 23.8 Å². The van der Waals surface area contributed by atoms with Gasteiger partial charge in [-0.1, -0.05) is 38.1 Å². The van der Waals surface area contributed by atoms with Gasteiger partial charge in [-0.15, -0.1) is 0 Å². The van der Waals surface area contributed by atoms with Crippen LogP contribution < -0.4 is 5.32 Å². The maximum atomic E-state index is 9.59. The van der Waals surface area contributed by atoms with Gasteiger partial charge < -0.3 is 10.4 Å². The third-order valence-corrected chi connectivity index (χ3v) is 4.06. The lowest BCUT2D eigenvalue weighted by molar-refractivity contribution is 0.149. The van der Waals surface area contributed by atoms with Crippen molar-refractivity contribution in [2.45, 2.75) is 38.8 Å². The maximum absolute atomic E-state index is 9.59. The van der Waals surface area contributed by atoms with Crippen molar-refractivity contribution in [2.75, 3.05) is 6.61 Å². The van der Waals surface area contributed by atoms with Crippen LogP contribution in [0.5, 0.6) is 0 Å². The van der Waals surface area contributed by atoms with E-state index in [1.807, 2.05) is 24.5 Å². The first-order chi connectivity index (χ1) is 9.24. The minimum Gasteiger partial charge on any atom is -0.394 e. The number of hydrogen-bond donors (Lipinski definition) is 2. The largest absolute Gasteiger partial charge is 0.394 e. The van der Waals surface area contributed by atoms with Gasteiger partial charge in [0.2, 0.25) is 0 Å². The Bertz CT molecular complexity index is 522. The zero-order valence-electron chi connectivity index (χ0n) is 11.7. The number of pyridine rings is 1. The number of aromatic nitrogens is 1. The van der Waals surface area contributed by atoms with Gasteiger partial charge >= 0.3 is 0 Å². The van der Waals surface area contributed by atoms with Crippen LogP contribution in [-0.2, 0) is 6.54 Å². The van der Waals surface area contributed by atoms with Gasteiger partial charge in [-0.3, -0.25) is 4.98 Å². The van der Waals surface area contributed by atoms with E-state index in [1.54, 1.807) is 0 Å². The maximum Gasteiger partial charge on any atom is 0.0613 e. The molecule has 1 aromatic carbocycles. The standard InChI is InChI=1S/C16H22N2O/c1-3-16(4-2,12-19)18-11-14-10-17-9-13-7-5-6-8-15(13)14/h5-10,18-19H,3-4,11-12H2,1-2H3. The van der Waals surface area contributed by atoms with Crippen LogP contribution in [0.4, 0.5) is 0 Å². The normalized spacial score (nSPS) is 11.9. The Morgan fingerprint density at radius 2 is 1.89 bits per heavy atom. The molecule has 0 amide bonds. The number of hydrogen-bond acceptors (Lipinski definition) is 3. The minimum atomic E-state index is -0.184. The second-order valence-electron chi connectivity index (χ2n) is 5.02. The van der Waals surface area contributed by atoms with E-state index in [1.165, 1.54) is 10.9 Å². The summed E-state index contributed by atoms with van der Waals surface area (Å²) < 4.78 is 0. The third kappa shape index (κ3) is 2.94. The fourth-order valence-corrected chi connectivity index (χ4v) is 2.38. The summed E-state index contributed by atoms with van der Waals surface area (Å²) in [7, 11) is 0. The topological polar surface area (TPSA) is 45.1 Å². The van der Waals surface area contributed by atoms with Gasteiger partial charge in [-0.25, -0.2) is 0 Å². The molecule has 2 N–H and O–H groups in total. The van der Waals surface area contributed by atoms with Crippen LogP contribution in [0.25, 0.3) is 10.8 Å². The van der Waals surface area contributed by atoms with Gasteiger partial charge in [0.1, 0.15) is 0 Å². The molecule has 1 aromatic heterocycles. The van der Waals surface area contributed by atoms with E-state index < -0.39 is 0 Å². The second kappa shape index (κ2) is 6.13. The number of fused-ring (bicyclic) bond motifs is 1. The fraction of sp³-hybridized carbons (Fsp3) is 0.438. The highest BCUT2D eigenvalue weighted by molar-refractivity contribution is 5.84. The monoisotopic (exact) mass is 258 g/mol. The van der Waals surface area contributed by atoms with Crippen molar-refractivity contribution >= 4 is 10.8 Å². The summed E-state index contributed by atoms with van der Waals surface area (Å²) in [6.45, 7) is 5.11. The lowest BCUT2D eigenvalue weighted by Crippen LogP contribution is -2.47. The molecule has 0 aliphatic carbocycles. The fourth-order valence-electron chi connectivity index (χ4n) is 2.38. The predicted octanol–water partition coefficient (Wildman–Crippen LogP) is 2.88. The molecule has 0 saturated carbocycles. The first-order valence-electron chi connectivity index (χ1n) is 6.92. The van der Waals surface area contributed by atoms with E-state index in [4.69, 9.17) is 0 Å². The first-order valence-corrected chi connectivity index (χ1v) is 6.92. The van der Waals surface area contributed by atoms with Crippen LogP contribution in [0.3, 0.4) is 0 Å². The van der Waals surface area contributed by atoms with Crippen LogP contribution in [0.1, 0.15) is 32.3 Å². The zero-order valence-corrected chi connectivity index (χ0v) is 11.7. The SMILES string of the molecule is CCC(CC)(CO)NCc1cncc2ccccc12. The van der Waals surface area contributed by atoms with E-state index >= 15 is 0 Å². The summed E-state index contributed by atoms with van der Waals surface area (Å²) in [6, 6.07) is 8.26. The van der Waals surface area contributed by atoms with Crippen LogP contribution in [0.15, 0.2) is 36.7 Å². The Kier molecular flexibility index (Phi) is 4.51. The van der Waals surface area contributed by atoms with Gasteiger partial charge in [0.15, 0.2) is 0 Å². The average molecular weight is 258 g/mol. The molecule has 0 spiro atoms. The van der Waals surface area contributed by atoms with Crippen LogP contribution in [0, 0.1) is 0 Å². The molecule has 0 saturated heterocycles. The van der Waals surface area contributed by atoms with Crippen molar-refractivity contribution in [1.29, 1.82) is 0 Å². The number of rotatable bonds is 6. The van der Waals surface area contributed by atoms with E-state index in [0.29, 0.717) is 0 Å². The van der Waals surface area contributed by atoms with Crippen molar-refractivity contribution in [3.63, 3.8) is 0 Å². The van der Waals surface area contributed by atoms with Crippen LogP contribution in [0.2, 0.25) is 0 Å². The molecule has 0 fully saturated rings. The molecule has 0 aliphatic rings. The summed E-state index contributed by atoms with van der Waals surface area (Å²) in [5.74, 6) is 0. The molecule has 3 nitrogen and oxygen atoms in total. The van der Waals surface area contributed by atoms with E-state index in [-0.39, 0.29) is 12.1 Å². The Labute approximate surface area is 114 Å². The van der Waals surface area contributed by atoms with Gasteiger partial charge in [0, 0.05) is 29.9 Å². The molecule has 0 unspecified atom stereocenters. The first kappa shape index (κ1) is 14.0. The quantitative estimate of drug-likeness (QED) is 0.837. The van der Waals surface area contributed by atoms with E-state index in [0.717, 1.165) is 24.8 Å². The molecule has 19 heavy (non-hydrogen) atoms. The Morgan fingerprint density at radius 1 is 1.16 bits per heavy atom. The average Bonchev–Trinajstić information content (AvgIpc) is 2.49. The van der Waals surface area contributed by atoms with Crippen molar-refractivity contribution in [2.24, 2.45) is 0 Å². The molecular weight excluding hydrogens is 236 g/mol.